The molecule has 1 unspecified atom stereocenters. The minimum atomic E-state index is -0.473. The molecular weight excluding hydrogens is 415 g/mol. The molecule has 0 radical (unpaired) electrons. The highest BCUT2D eigenvalue weighted by molar-refractivity contribution is 5.89. The summed E-state index contributed by atoms with van der Waals surface area (Å²) in [6.45, 7) is 8.89. The van der Waals surface area contributed by atoms with Gasteiger partial charge in [-0.05, 0) is 68.7 Å². The predicted molar refractivity (Wildman–Crippen MR) is 133 cm³/mol. The van der Waals surface area contributed by atoms with E-state index in [9.17, 15) is 4.39 Å². The van der Waals surface area contributed by atoms with Crippen molar-refractivity contribution in [2.24, 2.45) is 5.73 Å². The van der Waals surface area contributed by atoms with E-state index in [1.807, 2.05) is 37.3 Å². The summed E-state index contributed by atoms with van der Waals surface area (Å²) in [5.41, 5.74) is 13.6. The first kappa shape index (κ1) is 22.9. The highest BCUT2D eigenvalue weighted by atomic mass is 19.1. The number of fused-ring (bicyclic) bond motifs is 1. The van der Waals surface area contributed by atoms with E-state index in [4.69, 9.17) is 15.2 Å². The van der Waals surface area contributed by atoms with Crippen LogP contribution in [0.4, 0.5) is 10.1 Å². The van der Waals surface area contributed by atoms with Crippen LogP contribution in [0.2, 0.25) is 0 Å². The first-order valence-corrected chi connectivity index (χ1v) is 11.2. The van der Waals surface area contributed by atoms with Crippen LogP contribution in [-0.2, 0) is 0 Å². The molecule has 1 aliphatic heterocycles. The van der Waals surface area contributed by atoms with Crippen LogP contribution in [0.15, 0.2) is 60.7 Å². The van der Waals surface area contributed by atoms with Crippen molar-refractivity contribution in [3.05, 3.63) is 83.2 Å². The van der Waals surface area contributed by atoms with Gasteiger partial charge >= 0.3 is 0 Å². The van der Waals surface area contributed by atoms with Crippen molar-refractivity contribution in [2.75, 3.05) is 19.0 Å². The zero-order valence-corrected chi connectivity index (χ0v) is 19.8. The number of hydrogen-bond acceptors (Lipinski definition) is 4. The first-order valence-electron chi connectivity index (χ1n) is 11.2. The molecule has 3 N–H and O–H groups in total. The van der Waals surface area contributed by atoms with Crippen molar-refractivity contribution in [2.45, 2.75) is 39.3 Å². The topological polar surface area (TPSA) is 56.5 Å². The maximum Gasteiger partial charge on any atom is 0.129 e. The summed E-state index contributed by atoms with van der Waals surface area (Å²) in [5.74, 6) is 0.876. The Morgan fingerprint density at radius 2 is 1.76 bits per heavy atom. The van der Waals surface area contributed by atoms with E-state index in [2.05, 4.69) is 38.2 Å². The lowest BCUT2D eigenvalue weighted by atomic mass is 9.81. The van der Waals surface area contributed by atoms with E-state index >= 15 is 0 Å². The molecule has 1 heterocycles. The minimum Gasteiger partial charge on any atom is -0.496 e. The SMILES string of the molecule is CCOc1ccccc1C(N)c1c(-c2ccc(F)cc2OC)ccc2c1C(C)=CC(C)(C)N2. The van der Waals surface area contributed by atoms with Gasteiger partial charge < -0.3 is 20.5 Å². The Balaban J connectivity index is 2.02. The van der Waals surface area contributed by atoms with Crippen LogP contribution in [0.1, 0.15) is 50.4 Å². The molecule has 0 amide bonds. The third-order valence-electron chi connectivity index (χ3n) is 5.99. The highest BCUT2D eigenvalue weighted by Crippen LogP contribution is 2.46. The Hall–Kier alpha value is -3.31. The Labute approximate surface area is 195 Å². The predicted octanol–water partition coefficient (Wildman–Crippen LogP) is 6.56. The van der Waals surface area contributed by atoms with Gasteiger partial charge in [-0.25, -0.2) is 4.39 Å². The fraction of sp³-hybridized carbons (Fsp3) is 0.286. The molecule has 0 aliphatic carbocycles. The number of rotatable bonds is 6. The number of allylic oxidation sites excluding steroid dienone is 1. The summed E-state index contributed by atoms with van der Waals surface area (Å²) in [5, 5.41) is 3.62. The number of ether oxygens (including phenoxy) is 2. The molecule has 0 spiro atoms. The molecule has 0 saturated heterocycles. The number of para-hydroxylation sites is 1. The van der Waals surface area contributed by atoms with Crippen molar-refractivity contribution in [3.63, 3.8) is 0 Å². The van der Waals surface area contributed by atoms with Gasteiger partial charge in [0.2, 0.25) is 0 Å². The molecule has 3 aromatic carbocycles. The summed E-state index contributed by atoms with van der Waals surface area (Å²) in [7, 11) is 1.55. The number of nitrogens with two attached hydrogens (primary N) is 1. The van der Waals surface area contributed by atoms with E-state index in [0.29, 0.717) is 12.4 Å². The van der Waals surface area contributed by atoms with Crippen LogP contribution >= 0.6 is 0 Å². The van der Waals surface area contributed by atoms with Crippen LogP contribution in [-0.4, -0.2) is 19.3 Å². The average Bonchev–Trinajstić information content (AvgIpc) is 2.78. The number of nitrogens with one attached hydrogen (secondary N) is 1. The summed E-state index contributed by atoms with van der Waals surface area (Å²) in [6, 6.07) is 16.1. The van der Waals surface area contributed by atoms with E-state index in [1.54, 1.807) is 13.2 Å². The lowest BCUT2D eigenvalue weighted by molar-refractivity contribution is 0.335. The van der Waals surface area contributed by atoms with Gasteiger partial charge in [0.1, 0.15) is 17.3 Å². The quantitative estimate of drug-likeness (QED) is 0.450. The van der Waals surface area contributed by atoms with E-state index < -0.39 is 6.04 Å². The van der Waals surface area contributed by atoms with Crippen LogP contribution in [0.3, 0.4) is 0 Å². The van der Waals surface area contributed by atoms with Crippen LogP contribution in [0.5, 0.6) is 11.5 Å². The third kappa shape index (κ3) is 4.33. The number of hydrogen-bond donors (Lipinski definition) is 2. The van der Waals surface area contributed by atoms with Gasteiger partial charge in [-0.15, -0.1) is 0 Å². The van der Waals surface area contributed by atoms with Gasteiger partial charge in [-0.3, -0.25) is 0 Å². The fourth-order valence-electron chi connectivity index (χ4n) is 4.77. The molecule has 0 fully saturated rings. The zero-order chi connectivity index (χ0) is 23.8. The highest BCUT2D eigenvalue weighted by Gasteiger charge is 2.30. The molecule has 1 atom stereocenters. The molecule has 1 aliphatic rings. The van der Waals surface area contributed by atoms with E-state index in [-0.39, 0.29) is 11.4 Å². The largest absolute Gasteiger partial charge is 0.496 e. The Morgan fingerprint density at radius 3 is 2.48 bits per heavy atom. The normalized spacial score (nSPS) is 15.2. The van der Waals surface area contributed by atoms with Crippen LogP contribution < -0.4 is 20.5 Å². The molecule has 0 bridgehead atoms. The molecule has 4 nitrogen and oxygen atoms in total. The molecule has 172 valence electrons. The maximum absolute atomic E-state index is 14.0. The smallest absolute Gasteiger partial charge is 0.129 e. The van der Waals surface area contributed by atoms with Gasteiger partial charge in [0, 0.05) is 28.4 Å². The van der Waals surface area contributed by atoms with Gasteiger partial charge in [-0.2, -0.15) is 0 Å². The number of benzene rings is 3. The second-order valence-electron chi connectivity index (χ2n) is 8.92. The number of halogens is 1. The summed E-state index contributed by atoms with van der Waals surface area (Å²) in [4.78, 5) is 0. The molecule has 33 heavy (non-hydrogen) atoms. The minimum absolute atomic E-state index is 0.184. The van der Waals surface area contributed by atoms with Gasteiger partial charge in [-0.1, -0.05) is 30.3 Å². The molecular formula is C28H31FN2O2. The number of methoxy groups -OCH3 is 1. The Kier molecular flexibility index (Phi) is 6.17. The number of anilines is 1. The van der Waals surface area contributed by atoms with Crippen LogP contribution in [0.25, 0.3) is 16.7 Å². The summed E-state index contributed by atoms with van der Waals surface area (Å²) < 4.78 is 25.4. The Bertz CT molecular complexity index is 1220. The zero-order valence-electron chi connectivity index (χ0n) is 19.8. The second kappa shape index (κ2) is 8.91. The molecule has 4 rings (SSSR count). The van der Waals surface area contributed by atoms with Gasteiger partial charge in [0.25, 0.3) is 0 Å². The van der Waals surface area contributed by atoms with Crippen molar-refractivity contribution >= 4 is 11.3 Å². The van der Waals surface area contributed by atoms with Crippen LogP contribution in [0, 0.1) is 5.82 Å². The maximum atomic E-state index is 14.0. The summed E-state index contributed by atoms with van der Waals surface area (Å²) in [6.07, 6.45) is 2.21. The standard InChI is InChI=1S/C28H31FN2O2/c1-6-33-23-10-8-7-9-21(23)27(30)26-20(19-12-11-18(29)15-24(19)32-5)13-14-22-25(26)17(2)16-28(3,4)31-22/h7-16,27,31H,6,30H2,1-5H3. The second-order valence-corrected chi connectivity index (χ2v) is 8.92. The molecule has 3 aromatic rings. The van der Waals surface area contributed by atoms with Crippen molar-refractivity contribution in [1.82, 2.24) is 0 Å². The first-order chi connectivity index (χ1) is 15.8. The lowest BCUT2D eigenvalue weighted by Crippen LogP contribution is -2.32. The van der Waals surface area contributed by atoms with Gasteiger partial charge in [0.15, 0.2) is 0 Å². The Morgan fingerprint density at radius 1 is 1.03 bits per heavy atom. The van der Waals surface area contributed by atoms with E-state index in [1.165, 1.54) is 12.1 Å². The van der Waals surface area contributed by atoms with E-state index in [0.717, 1.165) is 44.8 Å². The average molecular weight is 447 g/mol. The van der Waals surface area contributed by atoms with Gasteiger partial charge in [0.05, 0.1) is 25.3 Å². The monoisotopic (exact) mass is 446 g/mol. The van der Waals surface area contributed by atoms with Crippen molar-refractivity contribution in [3.8, 4) is 22.6 Å². The molecule has 0 saturated carbocycles. The molecule has 5 heteroatoms. The summed E-state index contributed by atoms with van der Waals surface area (Å²) >= 11 is 0. The lowest BCUT2D eigenvalue weighted by Gasteiger charge is -2.35. The van der Waals surface area contributed by atoms with Crippen molar-refractivity contribution < 1.29 is 13.9 Å². The molecule has 0 aromatic heterocycles. The third-order valence-corrected chi connectivity index (χ3v) is 5.99. The van der Waals surface area contributed by atoms with Crippen molar-refractivity contribution in [1.29, 1.82) is 0 Å². The fourth-order valence-corrected chi connectivity index (χ4v) is 4.77.